The molecule has 2 N–H and O–H groups in total. The van der Waals surface area contributed by atoms with E-state index in [1.807, 2.05) is 0 Å². The maximum absolute atomic E-state index is 4.17. The Kier molecular flexibility index (Phi) is 4.49. The van der Waals surface area contributed by atoms with E-state index in [1.165, 1.54) is 11.9 Å². The number of rotatable bonds is 5. The Labute approximate surface area is 115 Å². The van der Waals surface area contributed by atoms with Crippen LogP contribution in [0, 0.1) is 0 Å². The normalized spacial score (nSPS) is 14.4. The molecule has 5 heteroatoms. The average molecular weight is 309 g/mol. The molecule has 0 saturated carbocycles. The largest absolute Gasteiger partial charge is 0.301 e. The van der Waals surface area contributed by atoms with E-state index in [0.29, 0.717) is 6.04 Å². The summed E-state index contributed by atoms with van der Waals surface area (Å²) in [6, 6.07) is 8.88. The quantitative estimate of drug-likeness (QED) is 0.890. The highest BCUT2D eigenvalue weighted by Crippen LogP contribution is 2.22. The monoisotopic (exact) mass is 308 g/mol. The number of aromatic nitrogens is 3. The van der Waals surface area contributed by atoms with E-state index in [0.717, 1.165) is 16.7 Å². The molecule has 0 saturated heterocycles. The van der Waals surface area contributed by atoms with Crippen molar-refractivity contribution >= 4 is 15.9 Å². The molecule has 2 unspecified atom stereocenters. The van der Waals surface area contributed by atoms with E-state index in [2.05, 4.69) is 74.5 Å². The van der Waals surface area contributed by atoms with Crippen LogP contribution < -0.4 is 5.32 Å². The predicted molar refractivity (Wildman–Crippen MR) is 75.1 cm³/mol. The van der Waals surface area contributed by atoms with Gasteiger partial charge < -0.3 is 5.32 Å². The number of nitrogens with zero attached hydrogens (tertiary/aromatic N) is 2. The van der Waals surface area contributed by atoms with E-state index in [4.69, 9.17) is 0 Å². The van der Waals surface area contributed by atoms with Gasteiger partial charge in [-0.15, -0.1) is 0 Å². The van der Waals surface area contributed by atoms with Crippen molar-refractivity contribution in [1.82, 2.24) is 20.5 Å². The highest BCUT2D eigenvalue weighted by Gasteiger charge is 2.15. The zero-order valence-corrected chi connectivity index (χ0v) is 12.1. The summed E-state index contributed by atoms with van der Waals surface area (Å²) < 4.78 is 1.10. The van der Waals surface area contributed by atoms with Crippen molar-refractivity contribution in [2.45, 2.75) is 32.4 Å². The van der Waals surface area contributed by atoms with Crippen LogP contribution in [-0.4, -0.2) is 15.2 Å². The van der Waals surface area contributed by atoms with Gasteiger partial charge in [-0.05, 0) is 31.0 Å². The van der Waals surface area contributed by atoms with E-state index >= 15 is 0 Å². The number of aromatic amines is 1. The summed E-state index contributed by atoms with van der Waals surface area (Å²) in [7, 11) is 0. The molecule has 2 atom stereocenters. The number of benzene rings is 1. The van der Waals surface area contributed by atoms with Gasteiger partial charge in [-0.1, -0.05) is 35.0 Å². The molecule has 96 valence electrons. The Bertz CT molecular complexity index is 466. The maximum atomic E-state index is 4.17. The summed E-state index contributed by atoms with van der Waals surface area (Å²) in [4.78, 5) is 4.17. The Morgan fingerprint density at radius 1 is 1.33 bits per heavy atom. The molecule has 0 aliphatic carbocycles. The SMILES string of the molecule is CCC(NC(C)c1ncn[nH]1)c1ccc(Br)cc1. The van der Waals surface area contributed by atoms with Crippen molar-refractivity contribution in [3.8, 4) is 0 Å². The van der Waals surface area contributed by atoms with Crippen LogP contribution >= 0.6 is 15.9 Å². The maximum Gasteiger partial charge on any atom is 0.141 e. The van der Waals surface area contributed by atoms with E-state index in [9.17, 15) is 0 Å². The summed E-state index contributed by atoms with van der Waals surface area (Å²) in [5.74, 6) is 0.866. The number of H-pyrrole nitrogens is 1. The first kappa shape index (κ1) is 13.2. The minimum Gasteiger partial charge on any atom is -0.301 e. The lowest BCUT2D eigenvalue weighted by molar-refractivity contribution is 0.443. The third-order valence-corrected chi connectivity index (χ3v) is 3.50. The van der Waals surface area contributed by atoms with Crippen LogP contribution in [-0.2, 0) is 0 Å². The number of hydrogen-bond donors (Lipinski definition) is 2. The molecule has 1 aromatic heterocycles. The van der Waals surface area contributed by atoms with Crippen molar-refractivity contribution in [1.29, 1.82) is 0 Å². The molecule has 0 aliphatic heterocycles. The fourth-order valence-corrected chi connectivity index (χ4v) is 2.21. The van der Waals surface area contributed by atoms with Crippen molar-refractivity contribution < 1.29 is 0 Å². The second-order valence-corrected chi connectivity index (χ2v) is 5.19. The van der Waals surface area contributed by atoms with Gasteiger partial charge in [0.1, 0.15) is 12.2 Å². The molecule has 4 nitrogen and oxygen atoms in total. The fourth-order valence-electron chi connectivity index (χ4n) is 1.95. The van der Waals surface area contributed by atoms with Crippen LogP contribution in [0.3, 0.4) is 0 Å². The predicted octanol–water partition coefficient (Wildman–Crippen LogP) is 3.37. The van der Waals surface area contributed by atoms with Crippen molar-refractivity contribution in [3.63, 3.8) is 0 Å². The average Bonchev–Trinajstić information content (AvgIpc) is 2.91. The van der Waals surface area contributed by atoms with Crippen molar-refractivity contribution in [2.75, 3.05) is 0 Å². The molecule has 0 fully saturated rings. The highest BCUT2D eigenvalue weighted by atomic mass is 79.9. The molecule has 0 amide bonds. The van der Waals surface area contributed by atoms with E-state index in [1.54, 1.807) is 0 Å². The fraction of sp³-hybridized carbons (Fsp3) is 0.385. The molecule has 2 rings (SSSR count). The van der Waals surface area contributed by atoms with Gasteiger partial charge in [0.15, 0.2) is 0 Å². The minimum absolute atomic E-state index is 0.154. The lowest BCUT2D eigenvalue weighted by Gasteiger charge is -2.21. The van der Waals surface area contributed by atoms with Crippen LogP contribution in [0.1, 0.15) is 43.7 Å². The van der Waals surface area contributed by atoms with Gasteiger partial charge in [-0.2, -0.15) is 5.10 Å². The van der Waals surface area contributed by atoms with Crippen LogP contribution in [0.15, 0.2) is 35.1 Å². The summed E-state index contributed by atoms with van der Waals surface area (Å²) in [6.45, 7) is 4.26. The summed E-state index contributed by atoms with van der Waals surface area (Å²) in [6.07, 6.45) is 2.56. The Balaban J connectivity index is 2.07. The van der Waals surface area contributed by atoms with Gasteiger partial charge in [0, 0.05) is 10.5 Å². The number of nitrogens with one attached hydrogen (secondary N) is 2. The zero-order chi connectivity index (χ0) is 13.0. The van der Waals surface area contributed by atoms with Gasteiger partial charge in [0.2, 0.25) is 0 Å². The molecule has 1 heterocycles. The summed E-state index contributed by atoms with van der Waals surface area (Å²) in [5, 5.41) is 10.3. The smallest absolute Gasteiger partial charge is 0.141 e. The third kappa shape index (κ3) is 3.17. The van der Waals surface area contributed by atoms with E-state index < -0.39 is 0 Å². The van der Waals surface area contributed by atoms with Gasteiger partial charge in [0.05, 0.1) is 6.04 Å². The van der Waals surface area contributed by atoms with Crippen LogP contribution in [0.4, 0.5) is 0 Å². The van der Waals surface area contributed by atoms with Gasteiger partial charge in [0.25, 0.3) is 0 Å². The first-order chi connectivity index (χ1) is 8.70. The molecule has 0 aliphatic rings. The van der Waals surface area contributed by atoms with Gasteiger partial charge in [-0.25, -0.2) is 4.98 Å². The molecule has 1 aromatic carbocycles. The van der Waals surface area contributed by atoms with Crippen LogP contribution in [0.2, 0.25) is 0 Å². The molecule has 18 heavy (non-hydrogen) atoms. The molecule has 0 spiro atoms. The lowest BCUT2D eigenvalue weighted by atomic mass is 10.0. The van der Waals surface area contributed by atoms with Gasteiger partial charge >= 0.3 is 0 Å². The zero-order valence-electron chi connectivity index (χ0n) is 10.5. The molecular weight excluding hydrogens is 292 g/mol. The second-order valence-electron chi connectivity index (χ2n) is 4.27. The molecule has 0 radical (unpaired) electrons. The first-order valence-electron chi connectivity index (χ1n) is 6.07. The molecule has 2 aromatic rings. The topological polar surface area (TPSA) is 53.6 Å². The van der Waals surface area contributed by atoms with Crippen molar-refractivity contribution in [3.05, 3.63) is 46.5 Å². The second kappa shape index (κ2) is 6.11. The Morgan fingerprint density at radius 2 is 2.06 bits per heavy atom. The first-order valence-corrected chi connectivity index (χ1v) is 6.86. The Morgan fingerprint density at radius 3 is 2.61 bits per heavy atom. The minimum atomic E-state index is 0.154. The summed E-state index contributed by atoms with van der Waals surface area (Å²) in [5.41, 5.74) is 1.28. The Hall–Kier alpha value is -1.20. The number of halogens is 1. The van der Waals surface area contributed by atoms with Crippen molar-refractivity contribution in [2.24, 2.45) is 0 Å². The molecule has 0 bridgehead atoms. The van der Waals surface area contributed by atoms with Crippen LogP contribution in [0.5, 0.6) is 0 Å². The van der Waals surface area contributed by atoms with Gasteiger partial charge in [-0.3, -0.25) is 5.10 Å². The van der Waals surface area contributed by atoms with E-state index in [-0.39, 0.29) is 6.04 Å². The molecular formula is C13H17BrN4. The lowest BCUT2D eigenvalue weighted by Crippen LogP contribution is -2.25. The summed E-state index contributed by atoms with van der Waals surface area (Å²) >= 11 is 3.46. The third-order valence-electron chi connectivity index (χ3n) is 2.98. The highest BCUT2D eigenvalue weighted by molar-refractivity contribution is 9.10. The van der Waals surface area contributed by atoms with Crippen LogP contribution in [0.25, 0.3) is 0 Å². The standard InChI is InChI=1S/C13H17BrN4/c1-3-12(10-4-6-11(14)7-5-10)17-9(2)13-15-8-16-18-13/h4-9,12,17H,3H2,1-2H3,(H,15,16,18). The number of hydrogen-bond acceptors (Lipinski definition) is 3.